The first-order chi connectivity index (χ1) is 10.4. The van der Waals surface area contributed by atoms with Crippen LogP contribution in [0.25, 0.3) is 22.2 Å². The van der Waals surface area contributed by atoms with Gasteiger partial charge < -0.3 is 5.21 Å². The largest absolute Gasteiger partial charge is 0.618 e. The number of rotatable bonds is 1. The summed E-state index contributed by atoms with van der Waals surface area (Å²) in [6, 6.07) is 7.56. The number of nitrogens with zero attached hydrogens (tertiary/aromatic N) is 3. The molecule has 0 aliphatic carbocycles. The van der Waals surface area contributed by atoms with E-state index in [0.717, 1.165) is 15.6 Å². The third-order valence-electron chi connectivity index (χ3n) is 3.57. The highest BCUT2D eigenvalue weighted by Gasteiger charge is 2.26. The Kier molecular flexibility index (Phi) is 3.20. The molecule has 0 radical (unpaired) electrons. The Balaban J connectivity index is 2.30. The lowest BCUT2D eigenvalue weighted by atomic mass is 9.95. The summed E-state index contributed by atoms with van der Waals surface area (Å²) in [4.78, 5) is 16.7. The summed E-state index contributed by atoms with van der Waals surface area (Å²) in [7, 11) is 0. The topological polar surface area (TPSA) is 61.8 Å². The van der Waals surface area contributed by atoms with E-state index in [-0.39, 0.29) is 5.91 Å². The summed E-state index contributed by atoms with van der Waals surface area (Å²) in [6.07, 6.45) is 6.04. The molecule has 0 aliphatic rings. The van der Waals surface area contributed by atoms with E-state index < -0.39 is 5.41 Å². The predicted octanol–water partition coefficient (Wildman–Crippen LogP) is 3.02. The molecule has 0 bridgehead atoms. The van der Waals surface area contributed by atoms with Crippen molar-refractivity contribution in [3.63, 3.8) is 0 Å². The molecule has 0 fully saturated rings. The smallest absolute Gasteiger partial charge is 0.244 e. The maximum Gasteiger partial charge on any atom is 0.244 e. The molecule has 1 aromatic carbocycles. The number of fused-ring (bicyclic) bond motifs is 1. The lowest BCUT2D eigenvalue weighted by molar-refractivity contribution is -0.594. The number of hydrogen-bond donors (Lipinski definition) is 0. The summed E-state index contributed by atoms with van der Waals surface area (Å²) in [5.74, 6) is -0.0173. The molecule has 0 unspecified atom stereocenters. The molecule has 0 saturated heterocycles. The van der Waals surface area contributed by atoms with Gasteiger partial charge >= 0.3 is 0 Å². The van der Waals surface area contributed by atoms with Crippen LogP contribution in [0.5, 0.6) is 0 Å². The zero-order valence-corrected chi connectivity index (χ0v) is 12.8. The van der Waals surface area contributed by atoms with Gasteiger partial charge in [-0.25, -0.2) is 0 Å². The van der Waals surface area contributed by atoms with E-state index in [2.05, 4.69) is 4.98 Å². The first-order valence-electron chi connectivity index (χ1n) is 7.08. The van der Waals surface area contributed by atoms with Crippen molar-refractivity contribution in [2.45, 2.75) is 20.8 Å². The third-order valence-corrected chi connectivity index (χ3v) is 3.57. The number of benzene rings is 1. The average molecular weight is 295 g/mol. The minimum Gasteiger partial charge on any atom is -0.618 e. The fourth-order valence-electron chi connectivity index (χ4n) is 2.45. The van der Waals surface area contributed by atoms with Gasteiger partial charge in [-0.15, -0.1) is 0 Å². The number of carbonyl (C=O) groups excluding carboxylic acids is 1. The SMILES string of the molecule is CC(C)(C)C(=O)n1cc(-c2cncc[n+]2[O-])c2ccccc21. The molecule has 0 atom stereocenters. The summed E-state index contributed by atoms with van der Waals surface area (Å²) in [5, 5.41) is 12.9. The average Bonchev–Trinajstić information content (AvgIpc) is 2.85. The number of carbonyl (C=O) groups is 1. The second kappa shape index (κ2) is 4.94. The van der Waals surface area contributed by atoms with Gasteiger partial charge in [0.05, 0.1) is 17.3 Å². The van der Waals surface area contributed by atoms with Crippen LogP contribution in [0.2, 0.25) is 0 Å². The van der Waals surface area contributed by atoms with Crippen LogP contribution in [-0.4, -0.2) is 15.5 Å². The van der Waals surface area contributed by atoms with Crippen LogP contribution in [0.3, 0.4) is 0 Å². The lowest BCUT2D eigenvalue weighted by Gasteiger charge is -2.17. The van der Waals surface area contributed by atoms with Gasteiger partial charge in [0.25, 0.3) is 0 Å². The van der Waals surface area contributed by atoms with Crippen LogP contribution < -0.4 is 4.73 Å². The van der Waals surface area contributed by atoms with Gasteiger partial charge in [0.15, 0.2) is 6.20 Å². The maximum atomic E-state index is 12.7. The molecule has 2 heterocycles. The molecule has 112 valence electrons. The first-order valence-corrected chi connectivity index (χ1v) is 7.08. The molecule has 3 rings (SSSR count). The molecule has 0 N–H and O–H groups in total. The molecule has 0 amide bonds. The van der Waals surface area contributed by atoms with Crippen molar-refractivity contribution < 1.29 is 9.52 Å². The molecule has 3 aromatic rings. The van der Waals surface area contributed by atoms with E-state index in [1.165, 1.54) is 18.6 Å². The van der Waals surface area contributed by atoms with Crippen molar-refractivity contribution in [2.75, 3.05) is 0 Å². The van der Waals surface area contributed by atoms with E-state index in [1.54, 1.807) is 10.8 Å². The van der Waals surface area contributed by atoms with Gasteiger partial charge in [-0.05, 0) is 6.07 Å². The molecular weight excluding hydrogens is 278 g/mol. The quantitative estimate of drug-likeness (QED) is 0.512. The highest BCUT2D eigenvalue weighted by molar-refractivity contribution is 6.01. The van der Waals surface area contributed by atoms with E-state index in [1.807, 2.05) is 45.0 Å². The molecule has 0 spiro atoms. The summed E-state index contributed by atoms with van der Waals surface area (Å²) in [5.41, 5.74) is 1.42. The molecule has 0 saturated carbocycles. The minimum atomic E-state index is -0.512. The molecule has 2 aromatic heterocycles. The van der Waals surface area contributed by atoms with Crippen molar-refractivity contribution in [3.05, 3.63) is 54.3 Å². The second-order valence-electron chi connectivity index (χ2n) is 6.27. The Hall–Kier alpha value is -2.69. The first kappa shape index (κ1) is 14.3. The van der Waals surface area contributed by atoms with Gasteiger partial charge in [0, 0.05) is 17.0 Å². The Morgan fingerprint density at radius 2 is 2.00 bits per heavy atom. The van der Waals surface area contributed by atoms with Gasteiger partial charge in [-0.1, -0.05) is 39.0 Å². The monoisotopic (exact) mass is 295 g/mol. The minimum absolute atomic E-state index is 0.0173. The van der Waals surface area contributed by atoms with Crippen molar-refractivity contribution in [1.82, 2.24) is 9.55 Å². The Morgan fingerprint density at radius 3 is 2.68 bits per heavy atom. The highest BCUT2D eigenvalue weighted by atomic mass is 16.5. The molecule has 5 heteroatoms. The third kappa shape index (κ3) is 2.24. The second-order valence-corrected chi connectivity index (χ2v) is 6.27. The Labute approximate surface area is 128 Å². The maximum absolute atomic E-state index is 12.7. The number of hydrogen-bond acceptors (Lipinski definition) is 3. The summed E-state index contributed by atoms with van der Waals surface area (Å²) in [6.45, 7) is 5.63. The van der Waals surface area contributed by atoms with Crippen LogP contribution >= 0.6 is 0 Å². The summed E-state index contributed by atoms with van der Waals surface area (Å²) >= 11 is 0. The van der Waals surface area contributed by atoms with Crippen molar-refractivity contribution >= 4 is 16.8 Å². The van der Waals surface area contributed by atoms with Crippen LogP contribution in [0, 0.1) is 10.6 Å². The zero-order chi connectivity index (χ0) is 15.9. The fourth-order valence-corrected chi connectivity index (χ4v) is 2.45. The van der Waals surface area contributed by atoms with Crippen molar-refractivity contribution in [3.8, 4) is 11.3 Å². The normalized spacial score (nSPS) is 11.8. The Bertz CT molecular complexity index is 860. The van der Waals surface area contributed by atoms with Crippen molar-refractivity contribution in [1.29, 1.82) is 0 Å². The van der Waals surface area contributed by atoms with Gasteiger partial charge in [-0.3, -0.25) is 14.3 Å². The highest BCUT2D eigenvalue weighted by Crippen LogP contribution is 2.30. The lowest BCUT2D eigenvalue weighted by Crippen LogP contribution is -2.28. The number of aromatic nitrogens is 3. The van der Waals surface area contributed by atoms with Gasteiger partial charge in [0.1, 0.15) is 6.20 Å². The van der Waals surface area contributed by atoms with Crippen molar-refractivity contribution in [2.24, 2.45) is 5.41 Å². The van der Waals surface area contributed by atoms with E-state index in [4.69, 9.17) is 0 Å². The molecule has 5 nitrogen and oxygen atoms in total. The fraction of sp³-hybridized carbons (Fsp3) is 0.235. The van der Waals surface area contributed by atoms with E-state index >= 15 is 0 Å². The van der Waals surface area contributed by atoms with Gasteiger partial charge in [0.2, 0.25) is 11.6 Å². The Morgan fingerprint density at radius 1 is 1.27 bits per heavy atom. The molecular formula is C17H17N3O2. The van der Waals surface area contributed by atoms with Crippen LogP contribution in [0.1, 0.15) is 25.6 Å². The zero-order valence-electron chi connectivity index (χ0n) is 12.8. The predicted molar refractivity (Wildman–Crippen MR) is 84.2 cm³/mol. The van der Waals surface area contributed by atoms with Crippen LogP contribution in [0.15, 0.2) is 49.1 Å². The molecule has 22 heavy (non-hydrogen) atoms. The standard InChI is InChI=1S/C17H17N3O2/c1-17(2,3)16(21)19-11-13(12-6-4-5-7-14(12)19)15-10-18-8-9-20(15)22/h4-11H,1-3H3. The van der Waals surface area contributed by atoms with Gasteiger partial charge in [-0.2, -0.15) is 4.73 Å². The number of para-hydroxylation sites is 1. The van der Waals surface area contributed by atoms with Crippen LogP contribution in [0.4, 0.5) is 0 Å². The molecule has 0 aliphatic heterocycles. The van der Waals surface area contributed by atoms with Crippen LogP contribution in [-0.2, 0) is 0 Å². The summed E-state index contributed by atoms with van der Waals surface area (Å²) < 4.78 is 2.39. The van der Waals surface area contributed by atoms with E-state index in [0.29, 0.717) is 11.3 Å². The van der Waals surface area contributed by atoms with E-state index in [9.17, 15) is 10.0 Å².